The lowest BCUT2D eigenvalue weighted by Gasteiger charge is -2.25. The van der Waals surface area contributed by atoms with Crippen molar-refractivity contribution in [2.45, 2.75) is 32.6 Å². The van der Waals surface area contributed by atoms with Crippen LogP contribution in [0.1, 0.15) is 31.7 Å². The second kappa shape index (κ2) is 12.3. The summed E-state index contributed by atoms with van der Waals surface area (Å²) in [7, 11) is 0. The van der Waals surface area contributed by atoms with Crippen LogP contribution in [0.5, 0.6) is 0 Å². The summed E-state index contributed by atoms with van der Waals surface area (Å²) in [6, 6.07) is 6.00. The molecule has 0 atom stereocenters. The molecule has 1 fully saturated rings. The summed E-state index contributed by atoms with van der Waals surface area (Å²) in [4.78, 5) is 19.0. The van der Waals surface area contributed by atoms with Crippen molar-refractivity contribution in [3.63, 3.8) is 0 Å². The van der Waals surface area contributed by atoms with Gasteiger partial charge < -0.3 is 20.9 Å². The molecule has 150 valence electrons. The molecule has 0 aromatic heterocycles. The van der Waals surface area contributed by atoms with Crippen LogP contribution in [0.2, 0.25) is 0 Å². The normalized spacial score (nSPS) is 15.4. The van der Waals surface area contributed by atoms with Crippen molar-refractivity contribution in [1.29, 1.82) is 0 Å². The number of hydrogen-bond acceptors (Lipinski definition) is 3. The molecule has 0 bridgehead atoms. The maximum Gasteiger partial charge on any atom is 0.224 e. The summed E-state index contributed by atoms with van der Waals surface area (Å²) in [5, 5.41) is 9.33. The van der Waals surface area contributed by atoms with E-state index in [1.165, 1.54) is 44.5 Å². The van der Waals surface area contributed by atoms with Gasteiger partial charge in [0.2, 0.25) is 5.91 Å². The lowest BCUT2D eigenvalue weighted by atomic mass is 10.1. The van der Waals surface area contributed by atoms with Gasteiger partial charge in [0, 0.05) is 26.2 Å². The molecule has 1 aliphatic heterocycles. The van der Waals surface area contributed by atoms with E-state index in [1.807, 2.05) is 6.92 Å². The van der Waals surface area contributed by atoms with E-state index in [1.54, 1.807) is 12.1 Å². The molecule has 2 rings (SSSR count). The first-order chi connectivity index (χ1) is 13.2. The molecule has 1 saturated heterocycles. The number of guanidine groups is 1. The van der Waals surface area contributed by atoms with Crippen LogP contribution in [-0.2, 0) is 11.2 Å². The smallest absolute Gasteiger partial charge is 0.224 e. The molecule has 0 saturated carbocycles. The van der Waals surface area contributed by atoms with E-state index in [-0.39, 0.29) is 18.1 Å². The van der Waals surface area contributed by atoms with Crippen LogP contribution < -0.4 is 16.0 Å². The number of amides is 1. The number of benzene rings is 1. The Kier molecular flexibility index (Phi) is 9.62. The summed E-state index contributed by atoms with van der Waals surface area (Å²) < 4.78 is 12.9. The Morgan fingerprint density at radius 2 is 1.78 bits per heavy atom. The van der Waals surface area contributed by atoms with Crippen molar-refractivity contribution in [2.75, 3.05) is 45.8 Å². The van der Waals surface area contributed by atoms with E-state index >= 15 is 0 Å². The molecule has 0 spiro atoms. The van der Waals surface area contributed by atoms with Gasteiger partial charge in [0.15, 0.2) is 5.96 Å². The third-order valence-corrected chi connectivity index (χ3v) is 4.50. The van der Waals surface area contributed by atoms with Crippen molar-refractivity contribution >= 4 is 11.9 Å². The van der Waals surface area contributed by atoms with Crippen molar-refractivity contribution in [2.24, 2.45) is 4.99 Å². The number of likely N-dealkylation sites (tertiary alicyclic amines) is 1. The molecule has 1 aliphatic rings. The van der Waals surface area contributed by atoms with Gasteiger partial charge >= 0.3 is 0 Å². The van der Waals surface area contributed by atoms with Crippen molar-refractivity contribution < 1.29 is 9.18 Å². The van der Waals surface area contributed by atoms with Gasteiger partial charge in [-0.2, -0.15) is 0 Å². The number of carbonyl (C=O) groups is 1. The average Bonchev–Trinajstić information content (AvgIpc) is 2.68. The number of nitrogens with zero attached hydrogens (tertiary/aromatic N) is 2. The van der Waals surface area contributed by atoms with E-state index in [0.29, 0.717) is 13.1 Å². The SMILES string of the molecule is CCNC(=NCCN1CCCCC1)NCCNC(=O)Cc1ccc(F)cc1. The van der Waals surface area contributed by atoms with Crippen LogP contribution >= 0.6 is 0 Å². The van der Waals surface area contributed by atoms with E-state index in [9.17, 15) is 9.18 Å². The highest BCUT2D eigenvalue weighted by atomic mass is 19.1. The fourth-order valence-electron chi connectivity index (χ4n) is 3.06. The summed E-state index contributed by atoms with van der Waals surface area (Å²) in [5.41, 5.74) is 0.800. The fraction of sp³-hybridized carbons (Fsp3) is 0.600. The topological polar surface area (TPSA) is 68.8 Å². The lowest BCUT2D eigenvalue weighted by Crippen LogP contribution is -2.42. The van der Waals surface area contributed by atoms with Gasteiger partial charge in [-0.15, -0.1) is 0 Å². The second-order valence-electron chi connectivity index (χ2n) is 6.74. The highest BCUT2D eigenvalue weighted by Gasteiger charge is 2.09. The molecule has 1 aromatic carbocycles. The van der Waals surface area contributed by atoms with Gasteiger partial charge in [-0.05, 0) is 50.6 Å². The minimum Gasteiger partial charge on any atom is -0.357 e. The third-order valence-electron chi connectivity index (χ3n) is 4.50. The number of halogens is 1. The van der Waals surface area contributed by atoms with Gasteiger partial charge in [-0.3, -0.25) is 9.79 Å². The zero-order valence-electron chi connectivity index (χ0n) is 16.3. The molecular weight excluding hydrogens is 345 g/mol. The number of hydrogen-bond donors (Lipinski definition) is 3. The number of carbonyl (C=O) groups excluding carboxylic acids is 1. The van der Waals surface area contributed by atoms with Gasteiger partial charge in [-0.25, -0.2) is 4.39 Å². The van der Waals surface area contributed by atoms with Gasteiger partial charge in [0.05, 0.1) is 13.0 Å². The third kappa shape index (κ3) is 8.86. The molecule has 3 N–H and O–H groups in total. The lowest BCUT2D eigenvalue weighted by molar-refractivity contribution is -0.120. The summed E-state index contributed by atoms with van der Waals surface area (Å²) in [6.07, 6.45) is 4.18. The molecule has 27 heavy (non-hydrogen) atoms. The number of piperidine rings is 1. The number of rotatable bonds is 9. The second-order valence-corrected chi connectivity index (χ2v) is 6.74. The highest BCUT2D eigenvalue weighted by molar-refractivity contribution is 5.80. The van der Waals surface area contributed by atoms with Crippen LogP contribution in [0.25, 0.3) is 0 Å². The Hall–Kier alpha value is -2.15. The number of nitrogens with one attached hydrogen (secondary N) is 3. The maximum absolute atomic E-state index is 12.9. The first-order valence-electron chi connectivity index (χ1n) is 9.93. The predicted molar refractivity (Wildman–Crippen MR) is 107 cm³/mol. The van der Waals surface area contributed by atoms with Gasteiger partial charge in [-0.1, -0.05) is 18.6 Å². The molecule has 7 heteroatoms. The van der Waals surface area contributed by atoms with E-state index in [2.05, 4.69) is 25.8 Å². The average molecular weight is 378 g/mol. The monoisotopic (exact) mass is 377 g/mol. The van der Waals surface area contributed by atoms with Crippen molar-refractivity contribution in [1.82, 2.24) is 20.9 Å². The minimum atomic E-state index is -0.293. The Labute approximate surface area is 161 Å². The van der Waals surface area contributed by atoms with Crippen LogP contribution in [0.15, 0.2) is 29.3 Å². The molecule has 0 aliphatic carbocycles. The van der Waals surface area contributed by atoms with E-state index in [4.69, 9.17) is 0 Å². The van der Waals surface area contributed by atoms with Gasteiger partial charge in [0.25, 0.3) is 0 Å². The first-order valence-corrected chi connectivity index (χ1v) is 9.93. The Bertz CT molecular complexity index is 585. The van der Waals surface area contributed by atoms with Crippen molar-refractivity contribution in [3.8, 4) is 0 Å². The standard InChI is InChI=1S/C20H32FN5O/c1-2-22-20(25-12-15-26-13-4-3-5-14-26)24-11-10-23-19(27)16-17-6-8-18(21)9-7-17/h6-9H,2-5,10-16H2,1H3,(H,23,27)(H2,22,24,25). The minimum absolute atomic E-state index is 0.0737. The van der Waals surface area contributed by atoms with Crippen molar-refractivity contribution in [3.05, 3.63) is 35.6 Å². The fourth-order valence-corrected chi connectivity index (χ4v) is 3.06. The summed E-state index contributed by atoms with van der Waals surface area (Å²) in [5.74, 6) is 0.414. The predicted octanol–water partition coefficient (Wildman–Crippen LogP) is 1.53. The van der Waals surface area contributed by atoms with Gasteiger partial charge in [0.1, 0.15) is 5.82 Å². The van der Waals surface area contributed by atoms with Crippen LogP contribution in [0.4, 0.5) is 4.39 Å². The van der Waals surface area contributed by atoms with E-state index in [0.717, 1.165) is 31.2 Å². The molecule has 1 heterocycles. The Balaban J connectivity index is 1.63. The summed E-state index contributed by atoms with van der Waals surface area (Å²) in [6.45, 7) is 8.07. The maximum atomic E-state index is 12.9. The Morgan fingerprint density at radius 1 is 1.07 bits per heavy atom. The zero-order chi connectivity index (χ0) is 19.3. The molecule has 1 aromatic rings. The molecule has 0 unspecified atom stereocenters. The zero-order valence-corrected chi connectivity index (χ0v) is 16.3. The summed E-state index contributed by atoms with van der Waals surface area (Å²) >= 11 is 0. The van der Waals surface area contributed by atoms with Crippen LogP contribution in [0.3, 0.4) is 0 Å². The molecule has 1 amide bonds. The van der Waals surface area contributed by atoms with Crippen LogP contribution in [0, 0.1) is 5.82 Å². The van der Waals surface area contributed by atoms with E-state index < -0.39 is 0 Å². The van der Waals surface area contributed by atoms with Crippen LogP contribution in [-0.4, -0.2) is 62.6 Å². The quantitative estimate of drug-likeness (QED) is 0.347. The largest absolute Gasteiger partial charge is 0.357 e. The molecule has 6 nitrogen and oxygen atoms in total. The number of aliphatic imine (C=N–C) groups is 1. The highest BCUT2D eigenvalue weighted by Crippen LogP contribution is 2.07. The Morgan fingerprint density at radius 3 is 2.48 bits per heavy atom. The first kappa shape index (κ1) is 21.2. The molecular formula is C20H32FN5O. The molecule has 0 radical (unpaired) electrons.